The fourth-order valence-electron chi connectivity index (χ4n) is 3.90. The van der Waals surface area contributed by atoms with Gasteiger partial charge in [0.1, 0.15) is 17.7 Å². The second-order valence-corrected chi connectivity index (χ2v) is 8.76. The first-order chi connectivity index (χ1) is 16.3. The fourth-order valence-corrected chi connectivity index (χ4v) is 4.76. The zero-order valence-corrected chi connectivity index (χ0v) is 18.9. The van der Waals surface area contributed by atoms with E-state index in [1.54, 1.807) is 22.3 Å². The number of carbonyl (C=O) groups is 1. The van der Waals surface area contributed by atoms with Gasteiger partial charge in [-0.1, -0.05) is 30.3 Å². The number of hydrogen-bond acceptors (Lipinski definition) is 8. The van der Waals surface area contributed by atoms with E-state index < -0.39 is 0 Å². The highest BCUT2D eigenvalue weighted by Crippen LogP contribution is 2.24. The van der Waals surface area contributed by atoms with Crippen molar-refractivity contribution >= 4 is 23.1 Å². The summed E-state index contributed by atoms with van der Waals surface area (Å²) >= 11 is 1.64. The smallest absolute Gasteiger partial charge is 0.223 e. The number of nitrogens with one attached hydrogen (secondary N) is 1. The van der Waals surface area contributed by atoms with E-state index in [1.807, 2.05) is 30.3 Å². The molecule has 3 aromatic heterocycles. The van der Waals surface area contributed by atoms with Crippen LogP contribution in [0.2, 0.25) is 0 Å². The average Bonchev–Trinajstić information content (AvgIpc) is 3.58. The number of aromatic nitrogens is 6. The Kier molecular flexibility index (Phi) is 6.34. The first-order valence-electron chi connectivity index (χ1n) is 11.0. The third kappa shape index (κ3) is 5.06. The number of benzene rings is 1. The van der Waals surface area contributed by atoms with E-state index in [1.165, 1.54) is 6.33 Å². The molecule has 0 bridgehead atoms. The van der Waals surface area contributed by atoms with Crippen LogP contribution in [0.25, 0.3) is 16.4 Å². The van der Waals surface area contributed by atoms with Gasteiger partial charge in [-0.3, -0.25) is 4.79 Å². The van der Waals surface area contributed by atoms with Crippen molar-refractivity contribution in [1.29, 1.82) is 0 Å². The maximum absolute atomic E-state index is 12.6. The van der Waals surface area contributed by atoms with E-state index in [0.29, 0.717) is 12.4 Å². The molecule has 0 saturated carbocycles. The summed E-state index contributed by atoms with van der Waals surface area (Å²) < 4.78 is 1.57. The third-order valence-corrected chi connectivity index (χ3v) is 6.67. The number of nitrogens with zero attached hydrogens (tertiary/aromatic N) is 7. The van der Waals surface area contributed by atoms with Gasteiger partial charge in [0.05, 0.1) is 5.69 Å². The lowest BCUT2D eigenvalue weighted by atomic mass is 9.96. The van der Waals surface area contributed by atoms with E-state index in [2.05, 4.69) is 48.0 Å². The monoisotopic (exact) mass is 460 g/mol. The summed E-state index contributed by atoms with van der Waals surface area (Å²) in [5.74, 6) is 1.59. The summed E-state index contributed by atoms with van der Waals surface area (Å²) in [7, 11) is 0. The van der Waals surface area contributed by atoms with Gasteiger partial charge in [0.2, 0.25) is 5.91 Å². The van der Waals surface area contributed by atoms with Gasteiger partial charge in [-0.05, 0) is 25.0 Å². The molecule has 0 unspecified atom stereocenters. The quantitative estimate of drug-likeness (QED) is 0.452. The number of anilines is 1. The summed E-state index contributed by atoms with van der Waals surface area (Å²) in [6.45, 7) is 2.16. The van der Waals surface area contributed by atoms with Crippen LogP contribution in [-0.2, 0) is 11.2 Å². The molecule has 1 aromatic carbocycles. The van der Waals surface area contributed by atoms with Crippen LogP contribution >= 0.6 is 11.3 Å². The first kappa shape index (κ1) is 21.2. The van der Waals surface area contributed by atoms with Crippen molar-refractivity contribution in [2.24, 2.45) is 5.92 Å². The van der Waals surface area contributed by atoms with Crippen molar-refractivity contribution < 1.29 is 4.79 Å². The maximum Gasteiger partial charge on any atom is 0.223 e. The Hall–Kier alpha value is -3.66. The molecule has 9 nitrogen and oxygen atoms in total. The number of rotatable bonds is 7. The number of carbonyl (C=O) groups excluding carboxylic acids is 1. The second-order valence-electron chi connectivity index (χ2n) is 7.90. The van der Waals surface area contributed by atoms with Crippen LogP contribution < -0.4 is 10.2 Å². The minimum absolute atomic E-state index is 0.0268. The lowest BCUT2D eigenvalue weighted by molar-refractivity contribution is -0.125. The maximum atomic E-state index is 12.6. The van der Waals surface area contributed by atoms with Gasteiger partial charge in [-0.25, -0.2) is 14.6 Å². The van der Waals surface area contributed by atoms with Gasteiger partial charge in [0.25, 0.3) is 0 Å². The SMILES string of the molecule is O=C(NCCc1csc(-c2ccccc2)n1)C1CCN(c2ccc(-n3cncn3)nn2)CC1. The van der Waals surface area contributed by atoms with Crippen LogP contribution in [0.5, 0.6) is 0 Å². The van der Waals surface area contributed by atoms with Crippen molar-refractivity contribution in [2.45, 2.75) is 19.3 Å². The Balaban J connectivity index is 1.07. The number of thiazole rings is 1. The Morgan fingerprint density at radius 3 is 2.58 bits per heavy atom. The minimum Gasteiger partial charge on any atom is -0.355 e. The molecule has 4 aromatic rings. The zero-order chi connectivity index (χ0) is 22.5. The number of piperidine rings is 1. The van der Waals surface area contributed by atoms with E-state index in [0.717, 1.165) is 54.4 Å². The largest absolute Gasteiger partial charge is 0.355 e. The Morgan fingerprint density at radius 1 is 1.06 bits per heavy atom. The molecule has 1 aliphatic rings. The van der Waals surface area contributed by atoms with Crippen molar-refractivity contribution in [1.82, 2.24) is 35.3 Å². The first-order valence-corrected chi connectivity index (χ1v) is 11.9. The lowest BCUT2D eigenvalue weighted by Crippen LogP contribution is -2.41. The topological polar surface area (TPSA) is 102 Å². The second kappa shape index (κ2) is 9.86. The molecule has 0 aliphatic carbocycles. The fraction of sp³-hybridized carbons (Fsp3) is 0.304. The highest BCUT2D eigenvalue weighted by molar-refractivity contribution is 7.13. The average molecular weight is 461 g/mol. The van der Waals surface area contributed by atoms with Gasteiger partial charge in [0, 0.05) is 42.9 Å². The van der Waals surface area contributed by atoms with Crippen LogP contribution in [0, 0.1) is 5.92 Å². The molecule has 5 rings (SSSR count). The van der Waals surface area contributed by atoms with E-state index in [4.69, 9.17) is 4.98 Å². The molecule has 33 heavy (non-hydrogen) atoms. The summed E-state index contributed by atoms with van der Waals surface area (Å²) in [6, 6.07) is 14.0. The van der Waals surface area contributed by atoms with E-state index >= 15 is 0 Å². The predicted octanol–water partition coefficient (Wildman–Crippen LogP) is 2.76. The molecule has 1 fully saturated rings. The summed E-state index contributed by atoms with van der Waals surface area (Å²) in [5.41, 5.74) is 2.14. The van der Waals surface area contributed by atoms with Crippen LogP contribution in [0.4, 0.5) is 5.82 Å². The van der Waals surface area contributed by atoms with Crippen molar-refractivity contribution in [3.63, 3.8) is 0 Å². The number of amides is 1. The molecule has 1 saturated heterocycles. The normalized spacial score (nSPS) is 14.4. The third-order valence-electron chi connectivity index (χ3n) is 5.73. The molecule has 1 amide bonds. The Bertz CT molecular complexity index is 1170. The molecule has 4 heterocycles. The van der Waals surface area contributed by atoms with Crippen LogP contribution in [0.3, 0.4) is 0 Å². The Morgan fingerprint density at radius 2 is 1.85 bits per heavy atom. The molecule has 10 heteroatoms. The van der Waals surface area contributed by atoms with Crippen molar-refractivity contribution in [2.75, 3.05) is 24.5 Å². The molecule has 0 spiro atoms. The van der Waals surface area contributed by atoms with Crippen LogP contribution in [0.15, 0.2) is 60.5 Å². The molecular weight excluding hydrogens is 436 g/mol. The van der Waals surface area contributed by atoms with Gasteiger partial charge >= 0.3 is 0 Å². The number of hydrogen-bond donors (Lipinski definition) is 1. The minimum atomic E-state index is 0.0268. The molecule has 0 atom stereocenters. The zero-order valence-electron chi connectivity index (χ0n) is 18.0. The van der Waals surface area contributed by atoms with Gasteiger partial charge in [-0.2, -0.15) is 5.10 Å². The van der Waals surface area contributed by atoms with Crippen LogP contribution in [-0.4, -0.2) is 55.5 Å². The van der Waals surface area contributed by atoms with E-state index in [9.17, 15) is 4.79 Å². The summed E-state index contributed by atoms with van der Waals surface area (Å²) in [4.78, 5) is 23.4. The molecule has 0 radical (unpaired) electrons. The molecule has 1 aliphatic heterocycles. The highest BCUT2D eigenvalue weighted by Gasteiger charge is 2.25. The van der Waals surface area contributed by atoms with Crippen molar-refractivity contribution in [3.8, 4) is 16.4 Å². The summed E-state index contributed by atoms with van der Waals surface area (Å²) in [5, 5.41) is 18.8. The molecular formula is C23H24N8OS. The van der Waals surface area contributed by atoms with Crippen molar-refractivity contribution in [3.05, 3.63) is 66.2 Å². The van der Waals surface area contributed by atoms with E-state index in [-0.39, 0.29) is 11.8 Å². The van der Waals surface area contributed by atoms with Gasteiger partial charge in [0.15, 0.2) is 11.6 Å². The highest BCUT2D eigenvalue weighted by atomic mass is 32.1. The van der Waals surface area contributed by atoms with Gasteiger partial charge < -0.3 is 10.2 Å². The molecule has 168 valence electrons. The Labute approximate surface area is 195 Å². The standard InChI is InChI=1S/C23H24N8OS/c32-22(25-11-8-19-14-33-23(27-19)18-4-2-1-3-5-18)17-9-12-30(13-10-17)20-6-7-21(29-28-20)31-16-24-15-26-31/h1-7,14-17H,8-13H2,(H,25,32). The predicted molar refractivity (Wildman–Crippen MR) is 126 cm³/mol. The molecule has 1 N–H and O–H groups in total. The summed E-state index contributed by atoms with van der Waals surface area (Å²) in [6.07, 6.45) is 5.39. The van der Waals surface area contributed by atoms with Crippen LogP contribution in [0.1, 0.15) is 18.5 Å². The van der Waals surface area contributed by atoms with Gasteiger partial charge in [-0.15, -0.1) is 21.5 Å². The lowest BCUT2D eigenvalue weighted by Gasteiger charge is -2.31.